The lowest BCUT2D eigenvalue weighted by Crippen LogP contribution is -2.27. The highest BCUT2D eigenvalue weighted by Crippen LogP contribution is 2.20. The van der Waals surface area contributed by atoms with Crippen LogP contribution in [-0.2, 0) is 10.0 Å². The molecule has 0 saturated heterocycles. The first-order chi connectivity index (χ1) is 11.3. The van der Waals surface area contributed by atoms with Gasteiger partial charge in [0.1, 0.15) is 18.2 Å². The van der Waals surface area contributed by atoms with Crippen LogP contribution in [0.4, 0.5) is 4.39 Å². The zero-order valence-electron chi connectivity index (χ0n) is 13.6. The number of halogens is 1. The number of hydrogen-bond donors (Lipinski definition) is 1. The van der Waals surface area contributed by atoms with E-state index in [0.29, 0.717) is 18.9 Å². The molecule has 7 heteroatoms. The van der Waals surface area contributed by atoms with E-state index in [1.165, 1.54) is 24.3 Å². The lowest BCUT2D eigenvalue weighted by atomic mass is 10.1. The van der Waals surface area contributed by atoms with Gasteiger partial charge in [-0.1, -0.05) is 18.2 Å². The molecule has 0 aliphatic carbocycles. The van der Waals surface area contributed by atoms with Crippen LogP contribution in [0.5, 0.6) is 5.75 Å². The molecular weight excluding hydrogens is 331 g/mol. The van der Waals surface area contributed by atoms with Gasteiger partial charge in [-0.3, -0.25) is 4.90 Å². The number of nitrogens with zero attached hydrogens (tertiary/aromatic N) is 1. The first-order valence-electron chi connectivity index (χ1n) is 7.49. The molecule has 0 aromatic heterocycles. The van der Waals surface area contributed by atoms with Gasteiger partial charge < -0.3 is 4.74 Å². The maximum Gasteiger partial charge on any atom is 0.238 e. The molecule has 0 bridgehead atoms. The standard InChI is InChI=1S/C17H21FN2O3S/c1-13(14-6-8-17(9-7-14)24(19,21)22)20(2)10-11-23-16-5-3-4-15(18)12-16/h3-9,12-13H,10-11H2,1-2H3,(H2,19,21,22). The number of sulfonamides is 1. The van der Waals surface area contributed by atoms with E-state index in [-0.39, 0.29) is 16.8 Å². The molecule has 1 atom stereocenters. The Morgan fingerprint density at radius 3 is 2.46 bits per heavy atom. The number of benzene rings is 2. The van der Waals surface area contributed by atoms with E-state index in [4.69, 9.17) is 9.88 Å². The molecule has 130 valence electrons. The molecule has 0 amide bonds. The number of hydrogen-bond acceptors (Lipinski definition) is 4. The minimum absolute atomic E-state index is 0.0654. The van der Waals surface area contributed by atoms with E-state index in [2.05, 4.69) is 4.90 Å². The first kappa shape index (κ1) is 18.4. The SMILES string of the molecule is CC(c1ccc(S(N)(=O)=O)cc1)N(C)CCOc1cccc(F)c1. The van der Waals surface area contributed by atoms with Crippen LogP contribution in [0.3, 0.4) is 0 Å². The monoisotopic (exact) mass is 352 g/mol. The van der Waals surface area contributed by atoms with Crippen molar-refractivity contribution < 1.29 is 17.5 Å². The molecule has 24 heavy (non-hydrogen) atoms. The molecule has 0 spiro atoms. The minimum Gasteiger partial charge on any atom is -0.492 e. The van der Waals surface area contributed by atoms with Crippen LogP contribution >= 0.6 is 0 Å². The van der Waals surface area contributed by atoms with Crippen molar-refractivity contribution in [2.75, 3.05) is 20.2 Å². The summed E-state index contributed by atoms with van der Waals surface area (Å²) in [6.07, 6.45) is 0. The molecule has 1 unspecified atom stereocenters. The molecule has 0 aliphatic heterocycles. The average molecular weight is 352 g/mol. The van der Waals surface area contributed by atoms with Crippen molar-refractivity contribution in [3.63, 3.8) is 0 Å². The fourth-order valence-electron chi connectivity index (χ4n) is 2.25. The van der Waals surface area contributed by atoms with E-state index in [9.17, 15) is 12.8 Å². The normalized spacial score (nSPS) is 13.0. The highest BCUT2D eigenvalue weighted by molar-refractivity contribution is 7.89. The summed E-state index contributed by atoms with van der Waals surface area (Å²) >= 11 is 0. The Morgan fingerprint density at radius 1 is 1.21 bits per heavy atom. The molecule has 2 aromatic carbocycles. The fourth-order valence-corrected chi connectivity index (χ4v) is 2.76. The van der Waals surface area contributed by atoms with E-state index in [0.717, 1.165) is 5.56 Å². The van der Waals surface area contributed by atoms with Gasteiger partial charge in [-0.05, 0) is 43.8 Å². The average Bonchev–Trinajstić information content (AvgIpc) is 2.53. The number of likely N-dealkylation sites (N-methyl/N-ethyl adjacent to an activating group) is 1. The molecule has 5 nitrogen and oxygen atoms in total. The summed E-state index contributed by atoms with van der Waals surface area (Å²) in [4.78, 5) is 2.15. The Kier molecular flexibility index (Phi) is 5.93. The molecule has 0 saturated carbocycles. The van der Waals surface area contributed by atoms with Crippen LogP contribution in [0.15, 0.2) is 53.4 Å². The lowest BCUT2D eigenvalue weighted by molar-refractivity contribution is 0.200. The van der Waals surface area contributed by atoms with E-state index in [1.807, 2.05) is 14.0 Å². The van der Waals surface area contributed by atoms with Gasteiger partial charge in [0.25, 0.3) is 0 Å². The Hall–Kier alpha value is -1.96. The maximum absolute atomic E-state index is 13.1. The highest BCUT2D eigenvalue weighted by atomic mass is 32.2. The van der Waals surface area contributed by atoms with Gasteiger partial charge in [0.2, 0.25) is 10.0 Å². The predicted octanol–water partition coefficient (Wildman–Crippen LogP) is 2.54. The topological polar surface area (TPSA) is 72.6 Å². The van der Waals surface area contributed by atoms with Crippen molar-refractivity contribution in [3.8, 4) is 5.75 Å². The van der Waals surface area contributed by atoms with Crippen molar-refractivity contribution in [1.82, 2.24) is 4.90 Å². The number of rotatable bonds is 7. The summed E-state index contributed by atoms with van der Waals surface area (Å²) in [6.45, 7) is 3.06. The van der Waals surface area contributed by atoms with Crippen molar-refractivity contribution in [2.24, 2.45) is 5.14 Å². The first-order valence-corrected chi connectivity index (χ1v) is 9.03. The van der Waals surface area contributed by atoms with Crippen molar-refractivity contribution >= 4 is 10.0 Å². The van der Waals surface area contributed by atoms with Crippen molar-refractivity contribution in [3.05, 3.63) is 59.9 Å². The largest absolute Gasteiger partial charge is 0.492 e. The van der Waals surface area contributed by atoms with Gasteiger partial charge >= 0.3 is 0 Å². The predicted molar refractivity (Wildman–Crippen MR) is 90.8 cm³/mol. The molecule has 2 N–H and O–H groups in total. The van der Waals surface area contributed by atoms with E-state index >= 15 is 0 Å². The molecule has 2 aromatic rings. The number of ether oxygens (including phenoxy) is 1. The van der Waals surface area contributed by atoms with Gasteiger partial charge in [-0.25, -0.2) is 17.9 Å². The zero-order chi connectivity index (χ0) is 17.7. The summed E-state index contributed by atoms with van der Waals surface area (Å²) in [7, 11) is -1.74. The Morgan fingerprint density at radius 2 is 1.88 bits per heavy atom. The van der Waals surface area contributed by atoms with Gasteiger partial charge in [0.05, 0.1) is 4.90 Å². The van der Waals surface area contributed by atoms with Crippen LogP contribution < -0.4 is 9.88 Å². The molecule has 2 rings (SSSR count). The van der Waals surface area contributed by atoms with Crippen LogP contribution in [-0.4, -0.2) is 33.5 Å². The van der Waals surface area contributed by atoms with Gasteiger partial charge in [0, 0.05) is 18.7 Å². The minimum atomic E-state index is -3.68. The van der Waals surface area contributed by atoms with Crippen LogP contribution in [0.25, 0.3) is 0 Å². The van der Waals surface area contributed by atoms with Gasteiger partial charge in [-0.2, -0.15) is 0 Å². The second kappa shape index (κ2) is 7.74. The quantitative estimate of drug-likeness (QED) is 0.831. The third-order valence-electron chi connectivity index (χ3n) is 3.86. The Balaban J connectivity index is 1.91. The second-order valence-electron chi connectivity index (χ2n) is 5.58. The Bertz CT molecular complexity index is 779. The molecule has 0 aliphatic rings. The zero-order valence-corrected chi connectivity index (χ0v) is 14.5. The third-order valence-corrected chi connectivity index (χ3v) is 4.79. The lowest BCUT2D eigenvalue weighted by Gasteiger charge is -2.25. The van der Waals surface area contributed by atoms with Gasteiger partial charge in [0.15, 0.2) is 0 Å². The van der Waals surface area contributed by atoms with E-state index < -0.39 is 10.0 Å². The molecule has 0 heterocycles. The Labute approximate surface area is 141 Å². The number of nitrogens with two attached hydrogens (primary N) is 1. The maximum atomic E-state index is 13.1. The fraction of sp³-hybridized carbons (Fsp3) is 0.294. The van der Waals surface area contributed by atoms with Gasteiger partial charge in [-0.15, -0.1) is 0 Å². The number of primary sulfonamides is 1. The summed E-state index contributed by atoms with van der Waals surface area (Å²) in [5, 5.41) is 5.09. The van der Waals surface area contributed by atoms with E-state index in [1.54, 1.807) is 24.3 Å². The highest BCUT2D eigenvalue weighted by Gasteiger charge is 2.13. The molecular formula is C17H21FN2O3S. The van der Waals surface area contributed by atoms with Crippen molar-refractivity contribution in [2.45, 2.75) is 17.9 Å². The van der Waals surface area contributed by atoms with Crippen molar-refractivity contribution in [1.29, 1.82) is 0 Å². The summed E-state index contributed by atoms with van der Waals surface area (Å²) in [6, 6.07) is 12.6. The summed E-state index contributed by atoms with van der Waals surface area (Å²) < 4.78 is 41.2. The van der Waals surface area contributed by atoms with Crippen LogP contribution in [0, 0.1) is 5.82 Å². The smallest absolute Gasteiger partial charge is 0.238 e. The summed E-state index contributed by atoms with van der Waals surface area (Å²) in [5.41, 5.74) is 0.968. The second-order valence-corrected chi connectivity index (χ2v) is 7.14. The molecule has 0 fully saturated rings. The van der Waals surface area contributed by atoms with Crippen LogP contribution in [0.2, 0.25) is 0 Å². The summed E-state index contributed by atoms with van der Waals surface area (Å²) in [5.74, 6) is 0.165. The van der Waals surface area contributed by atoms with Crippen LogP contribution in [0.1, 0.15) is 18.5 Å². The third kappa shape index (κ3) is 5.02. The molecule has 0 radical (unpaired) electrons.